The molecule has 0 saturated heterocycles. The molecule has 0 saturated carbocycles. The SMILES string of the molecule is CC.CC.CC.CC.CC.CC.CC(OC=O)N1c2ccccc2Cc2cccnc21.Cc1cc(C)c2c(c1)Cc1cccnc1N2C(C)OC=O.Cc1cc2c(cc1C)N(C(C)OC=O)c1ncccc1C2.Cc1ccc(C)c2c1Cc1cccnc1N2C(C)OC=O.Cc1ccc2c(c1C)N(C(C)OC=O)c1ncccc1C2. The van der Waals surface area contributed by atoms with Gasteiger partial charge in [0.1, 0.15) is 29.1 Å². The van der Waals surface area contributed by atoms with E-state index < -0.39 is 24.9 Å². The molecule has 5 aliphatic rings. The number of benzene rings is 5. The lowest BCUT2D eigenvalue weighted by molar-refractivity contribution is -0.133. The number of pyridine rings is 5. The Labute approximate surface area is 684 Å². The van der Waals surface area contributed by atoms with Gasteiger partial charge in [-0.25, -0.2) is 24.9 Å². The minimum absolute atomic E-state index is 0.382. The molecule has 15 rings (SSSR count). The van der Waals surface area contributed by atoms with Crippen LogP contribution in [0.5, 0.6) is 0 Å². The van der Waals surface area contributed by atoms with Gasteiger partial charge in [-0.1, -0.05) is 180 Å². The Morgan fingerprint density at radius 3 is 1.05 bits per heavy atom. The van der Waals surface area contributed by atoms with Crippen LogP contribution in [0.4, 0.5) is 57.5 Å². The van der Waals surface area contributed by atoms with Gasteiger partial charge in [0.05, 0.1) is 17.1 Å². The van der Waals surface area contributed by atoms with Gasteiger partial charge in [-0.05, 0) is 227 Å². The fourth-order valence-electron chi connectivity index (χ4n) is 14.4. The van der Waals surface area contributed by atoms with E-state index in [4.69, 9.17) is 23.7 Å². The second-order valence-electron chi connectivity index (χ2n) is 26.1. The third kappa shape index (κ3) is 22.2. The van der Waals surface area contributed by atoms with E-state index in [1.807, 2.05) is 191 Å². The molecule has 612 valence electrons. The van der Waals surface area contributed by atoms with E-state index in [1.54, 1.807) is 31.0 Å². The molecule has 0 bridgehead atoms. The minimum Gasteiger partial charge on any atom is -0.444 e. The van der Waals surface area contributed by atoms with Gasteiger partial charge in [0, 0.05) is 74.5 Å². The van der Waals surface area contributed by atoms with E-state index >= 15 is 0 Å². The van der Waals surface area contributed by atoms with E-state index in [2.05, 4.69) is 165 Å². The minimum atomic E-state index is -0.393. The summed E-state index contributed by atoms with van der Waals surface area (Å²) in [6.07, 6.45) is 11.2. The van der Waals surface area contributed by atoms with E-state index in [0.717, 1.165) is 123 Å². The Hall–Kier alpha value is -11.8. The molecule has 0 amide bonds. The lowest BCUT2D eigenvalue weighted by Gasteiger charge is -2.37. The highest BCUT2D eigenvalue weighted by atomic mass is 16.6. The van der Waals surface area contributed by atoms with Crippen LogP contribution in [0, 0.1) is 55.4 Å². The number of hydrogen-bond donors (Lipinski definition) is 0. The number of anilines is 10. The molecule has 0 N–H and O–H groups in total. The highest BCUT2D eigenvalue weighted by molar-refractivity contribution is 5.80. The van der Waals surface area contributed by atoms with Crippen LogP contribution in [0.25, 0.3) is 0 Å². The first-order valence-electron chi connectivity index (χ1n) is 40.4. The number of aryl methyl sites for hydroxylation is 7. The van der Waals surface area contributed by atoms with Gasteiger partial charge in [-0.3, -0.25) is 48.5 Å². The number of carbonyl (C=O) groups is 5. The Morgan fingerprint density at radius 2 is 0.609 bits per heavy atom. The molecule has 20 heteroatoms. The van der Waals surface area contributed by atoms with E-state index in [0.29, 0.717) is 32.4 Å². The molecule has 5 atom stereocenters. The fourth-order valence-corrected chi connectivity index (χ4v) is 14.4. The van der Waals surface area contributed by atoms with Crippen LogP contribution in [0.1, 0.15) is 218 Å². The smallest absolute Gasteiger partial charge is 0.295 e. The summed E-state index contributed by atoms with van der Waals surface area (Å²) in [7, 11) is 0. The fraction of sp³-hybridized carbons (Fsp3) is 0.368. The molecular formula is C95H122N10O10. The summed E-state index contributed by atoms with van der Waals surface area (Å²) in [5, 5.41) is 0. The van der Waals surface area contributed by atoms with Gasteiger partial charge >= 0.3 is 0 Å². The summed E-state index contributed by atoms with van der Waals surface area (Å²) in [4.78, 5) is 86.1. The summed E-state index contributed by atoms with van der Waals surface area (Å²) in [6.45, 7) is 52.5. The molecule has 5 unspecified atom stereocenters. The number of nitrogens with zero attached hydrogens (tertiary/aromatic N) is 10. The molecule has 5 aromatic carbocycles. The summed E-state index contributed by atoms with van der Waals surface area (Å²) in [5.41, 5.74) is 27.1. The van der Waals surface area contributed by atoms with Gasteiger partial charge < -0.3 is 23.7 Å². The van der Waals surface area contributed by atoms with Crippen LogP contribution in [-0.2, 0) is 79.8 Å². The second kappa shape index (κ2) is 47.0. The lowest BCUT2D eigenvalue weighted by atomic mass is 9.92. The van der Waals surface area contributed by atoms with Crippen LogP contribution in [0.2, 0.25) is 0 Å². The zero-order chi connectivity index (χ0) is 85.2. The molecular weight excluding hydrogens is 1440 g/mol. The van der Waals surface area contributed by atoms with Crippen molar-refractivity contribution in [3.8, 4) is 0 Å². The highest BCUT2D eigenvalue weighted by Gasteiger charge is 2.35. The molecule has 5 aliphatic heterocycles. The first kappa shape index (κ1) is 93.8. The molecule has 0 fully saturated rings. The Balaban J connectivity index is 0.000000248. The number of fused-ring (bicyclic) bond motifs is 10. The van der Waals surface area contributed by atoms with E-state index in [-0.39, 0.29) is 6.23 Å². The van der Waals surface area contributed by atoms with Crippen LogP contribution in [0.3, 0.4) is 0 Å². The predicted molar refractivity (Wildman–Crippen MR) is 467 cm³/mol. The number of rotatable bonds is 15. The van der Waals surface area contributed by atoms with Crippen molar-refractivity contribution in [2.75, 3.05) is 24.5 Å². The van der Waals surface area contributed by atoms with Crippen molar-refractivity contribution in [1.29, 1.82) is 0 Å². The third-order valence-corrected chi connectivity index (χ3v) is 19.4. The van der Waals surface area contributed by atoms with Crippen molar-refractivity contribution in [3.63, 3.8) is 0 Å². The summed E-state index contributed by atoms with van der Waals surface area (Å²) in [5.74, 6) is 4.32. The van der Waals surface area contributed by atoms with Crippen LogP contribution in [-0.4, -0.2) is 88.4 Å². The van der Waals surface area contributed by atoms with Crippen molar-refractivity contribution in [2.24, 2.45) is 0 Å². The maximum Gasteiger partial charge on any atom is 0.295 e. The average Bonchev–Trinajstić information content (AvgIpc) is 0.776. The Bertz CT molecular complexity index is 4700. The molecule has 115 heavy (non-hydrogen) atoms. The summed E-state index contributed by atoms with van der Waals surface area (Å²) in [6, 6.07) is 45.4. The van der Waals surface area contributed by atoms with Crippen molar-refractivity contribution in [3.05, 3.63) is 265 Å². The maximum absolute atomic E-state index is 10.8. The van der Waals surface area contributed by atoms with Gasteiger partial charge in [-0.15, -0.1) is 0 Å². The molecule has 5 aromatic heterocycles. The van der Waals surface area contributed by atoms with Crippen molar-refractivity contribution in [2.45, 2.75) is 236 Å². The number of carbonyl (C=O) groups excluding carboxylic acids is 5. The van der Waals surface area contributed by atoms with Crippen molar-refractivity contribution in [1.82, 2.24) is 24.9 Å². The summed E-state index contributed by atoms with van der Waals surface area (Å²) < 4.78 is 25.8. The van der Waals surface area contributed by atoms with Crippen LogP contribution >= 0.6 is 0 Å². The molecule has 10 heterocycles. The predicted octanol–water partition coefficient (Wildman–Crippen LogP) is 21.8. The van der Waals surface area contributed by atoms with Crippen molar-refractivity contribution >= 4 is 89.9 Å². The van der Waals surface area contributed by atoms with Gasteiger partial charge in [0.25, 0.3) is 32.4 Å². The standard InChI is InChI=1S/4C17H18N2O2.C15H14N2O2.6C2H6/c1-11-6-7-14-9-15-5-4-8-18-17(15)19(13(3)21-10-20)16(14)12(11)2;1-11-6-7-12(2)16-15(11)9-14-5-4-8-18-17(14)19(16)13(3)21-10-20;1-11-7-15-9-14-5-4-6-18-17(14)19(13(3)21-10-20)16(15)8-12(11)2;1-11-7-12(2)16-15(8-11)9-14-5-4-6-18-17(14)19(16)13(3)21-10-20;1-11(19-10-18)17-14-7-3-2-5-12(14)9-13-6-4-8-16-15(13)17;6*1-2/h4*4-8,10,13H,9H2,1-3H3;2-8,10-11H,9H2,1H3;6*1-2H3. The molecule has 0 aliphatic carbocycles. The lowest BCUT2D eigenvalue weighted by Crippen LogP contribution is -2.35. The average molecular weight is 1560 g/mol. The number of aromatic nitrogens is 5. The molecule has 0 spiro atoms. The quantitative estimate of drug-likeness (QED) is 0.0689. The highest BCUT2D eigenvalue weighted by Crippen LogP contribution is 2.46. The van der Waals surface area contributed by atoms with Gasteiger partial charge in [-0.2, -0.15) is 0 Å². The Morgan fingerprint density at radius 1 is 0.278 bits per heavy atom. The van der Waals surface area contributed by atoms with Crippen molar-refractivity contribution < 1.29 is 47.7 Å². The number of ether oxygens (including phenoxy) is 5. The van der Waals surface area contributed by atoms with E-state index in [9.17, 15) is 24.0 Å². The van der Waals surface area contributed by atoms with Crippen LogP contribution < -0.4 is 24.5 Å². The topological polar surface area (TPSA) is 212 Å². The molecule has 10 aromatic rings. The molecule has 20 nitrogen and oxygen atoms in total. The first-order chi connectivity index (χ1) is 55.8. The third-order valence-electron chi connectivity index (χ3n) is 19.4. The zero-order valence-electron chi connectivity index (χ0n) is 72.5. The zero-order valence-corrected chi connectivity index (χ0v) is 72.5. The second-order valence-corrected chi connectivity index (χ2v) is 26.1. The Kier molecular flexibility index (Phi) is 38.4. The largest absolute Gasteiger partial charge is 0.444 e. The van der Waals surface area contributed by atoms with Crippen LogP contribution in [0.15, 0.2) is 164 Å². The summed E-state index contributed by atoms with van der Waals surface area (Å²) >= 11 is 0. The van der Waals surface area contributed by atoms with E-state index in [1.165, 1.54) is 66.8 Å². The number of hydrogen-bond acceptors (Lipinski definition) is 20. The maximum atomic E-state index is 10.8. The number of para-hydroxylation sites is 1. The monoisotopic (exact) mass is 1560 g/mol. The van der Waals surface area contributed by atoms with Gasteiger partial charge in [0.2, 0.25) is 0 Å². The normalized spacial score (nSPS) is 13.0. The van der Waals surface area contributed by atoms with Gasteiger partial charge in [0.15, 0.2) is 31.1 Å². The first-order valence-corrected chi connectivity index (χ1v) is 40.4. The molecule has 0 radical (unpaired) electrons.